The highest BCUT2D eigenvalue weighted by Crippen LogP contribution is 2.35. The van der Waals surface area contributed by atoms with Gasteiger partial charge in [-0.2, -0.15) is 0 Å². The van der Waals surface area contributed by atoms with Crippen molar-refractivity contribution in [3.63, 3.8) is 0 Å². The molecule has 1 unspecified atom stereocenters. The number of hydrogen-bond donors (Lipinski definition) is 3. The summed E-state index contributed by atoms with van der Waals surface area (Å²) in [6, 6.07) is 13.6. The molecule has 3 heteroatoms. The van der Waals surface area contributed by atoms with E-state index in [9.17, 15) is 5.11 Å². The van der Waals surface area contributed by atoms with Gasteiger partial charge in [0, 0.05) is 17.4 Å². The van der Waals surface area contributed by atoms with Crippen LogP contribution in [0.3, 0.4) is 0 Å². The summed E-state index contributed by atoms with van der Waals surface area (Å²) in [7, 11) is 0. The van der Waals surface area contributed by atoms with E-state index >= 15 is 0 Å². The summed E-state index contributed by atoms with van der Waals surface area (Å²) in [5, 5.41) is 12.9. The molecule has 2 aromatic carbocycles. The average molecular weight is 240 g/mol. The molecule has 4 N–H and O–H groups in total. The van der Waals surface area contributed by atoms with Crippen LogP contribution >= 0.6 is 0 Å². The van der Waals surface area contributed by atoms with Crippen molar-refractivity contribution in [3.8, 4) is 5.75 Å². The van der Waals surface area contributed by atoms with Gasteiger partial charge in [-0.15, -0.1) is 0 Å². The largest absolute Gasteiger partial charge is 0.508 e. The van der Waals surface area contributed by atoms with E-state index in [2.05, 4.69) is 17.4 Å². The first-order chi connectivity index (χ1) is 8.72. The van der Waals surface area contributed by atoms with Crippen LogP contribution in [-0.4, -0.2) is 5.11 Å². The summed E-state index contributed by atoms with van der Waals surface area (Å²) in [5.74, 6) is 0.288. The molecule has 3 nitrogen and oxygen atoms in total. The third-order valence-electron chi connectivity index (χ3n) is 3.43. The van der Waals surface area contributed by atoms with Crippen LogP contribution in [0, 0.1) is 0 Å². The molecule has 0 aromatic heterocycles. The Morgan fingerprint density at radius 3 is 2.89 bits per heavy atom. The van der Waals surface area contributed by atoms with Crippen molar-refractivity contribution in [1.82, 2.24) is 0 Å². The third-order valence-corrected chi connectivity index (χ3v) is 3.43. The van der Waals surface area contributed by atoms with Crippen molar-refractivity contribution < 1.29 is 5.11 Å². The van der Waals surface area contributed by atoms with Crippen molar-refractivity contribution in [2.45, 2.75) is 18.9 Å². The van der Waals surface area contributed by atoms with Gasteiger partial charge in [-0.05, 0) is 48.2 Å². The monoisotopic (exact) mass is 240 g/mol. The summed E-state index contributed by atoms with van der Waals surface area (Å²) in [5.41, 5.74) is 10.2. The molecule has 0 radical (unpaired) electrons. The quantitative estimate of drug-likeness (QED) is 0.707. The summed E-state index contributed by atoms with van der Waals surface area (Å²) in [6.07, 6.45) is 2.12. The highest BCUT2D eigenvalue weighted by molar-refractivity contribution is 5.53. The molecule has 0 amide bonds. The number of aromatic hydroxyl groups is 1. The molecule has 0 heterocycles. The molecule has 1 aliphatic rings. The van der Waals surface area contributed by atoms with Gasteiger partial charge in [0.05, 0.1) is 6.04 Å². The lowest BCUT2D eigenvalue weighted by Crippen LogP contribution is -2.06. The lowest BCUT2D eigenvalue weighted by atomic mass is 10.1. The predicted molar refractivity (Wildman–Crippen MR) is 73.6 cm³/mol. The smallest absolute Gasteiger partial charge is 0.117 e. The van der Waals surface area contributed by atoms with E-state index < -0.39 is 0 Å². The zero-order valence-corrected chi connectivity index (χ0v) is 10.1. The van der Waals surface area contributed by atoms with Crippen LogP contribution in [0.25, 0.3) is 0 Å². The summed E-state index contributed by atoms with van der Waals surface area (Å²) < 4.78 is 0. The Bertz CT molecular complexity index is 580. The highest BCUT2D eigenvalue weighted by Gasteiger charge is 2.22. The number of phenols is 1. The van der Waals surface area contributed by atoms with Gasteiger partial charge in [-0.25, -0.2) is 0 Å². The topological polar surface area (TPSA) is 58.3 Å². The third kappa shape index (κ3) is 1.99. The number of phenolic OH excluding ortho intramolecular Hbond substituents is 1. The van der Waals surface area contributed by atoms with E-state index in [1.807, 2.05) is 18.2 Å². The first-order valence-electron chi connectivity index (χ1n) is 6.16. The molecule has 18 heavy (non-hydrogen) atoms. The molecule has 1 atom stereocenters. The second kappa shape index (κ2) is 4.26. The number of benzene rings is 2. The van der Waals surface area contributed by atoms with Gasteiger partial charge < -0.3 is 16.2 Å². The Labute approximate surface area is 106 Å². The maximum Gasteiger partial charge on any atom is 0.117 e. The van der Waals surface area contributed by atoms with Gasteiger partial charge in [0.2, 0.25) is 0 Å². The molecule has 0 fully saturated rings. The molecule has 0 bridgehead atoms. The van der Waals surface area contributed by atoms with Crippen molar-refractivity contribution in [3.05, 3.63) is 53.6 Å². The minimum Gasteiger partial charge on any atom is -0.508 e. The van der Waals surface area contributed by atoms with Crippen molar-refractivity contribution >= 4 is 11.4 Å². The molecule has 0 saturated heterocycles. The van der Waals surface area contributed by atoms with Gasteiger partial charge >= 0.3 is 0 Å². The van der Waals surface area contributed by atoms with Crippen LogP contribution < -0.4 is 11.1 Å². The molecular formula is C15H16N2O. The second-order valence-electron chi connectivity index (χ2n) is 4.74. The normalized spacial score (nSPS) is 17.4. The van der Waals surface area contributed by atoms with Crippen molar-refractivity contribution in [2.24, 2.45) is 0 Å². The molecule has 0 aliphatic heterocycles. The van der Waals surface area contributed by atoms with E-state index in [0.29, 0.717) is 6.04 Å². The molecule has 2 aromatic rings. The van der Waals surface area contributed by atoms with E-state index in [4.69, 9.17) is 5.73 Å². The van der Waals surface area contributed by atoms with Gasteiger partial charge in [-0.1, -0.05) is 12.1 Å². The van der Waals surface area contributed by atoms with Crippen molar-refractivity contribution in [2.75, 3.05) is 11.1 Å². The molecule has 92 valence electrons. The maximum absolute atomic E-state index is 9.46. The fraction of sp³-hybridized carbons (Fsp3) is 0.200. The van der Waals surface area contributed by atoms with Crippen LogP contribution in [0.2, 0.25) is 0 Å². The van der Waals surface area contributed by atoms with E-state index in [-0.39, 0.29) is 5.75 Å². The predicted octanol–water partition coefficient (Wildman–Crippen LogP) is 3.07. The summed E-state index contributed by atoms with van der Waals surface area (Å²) in [6.45, 7) is 0. The first-order valence-corrected chi connectivity index (χ1v) is 6.16. The Morgan fingerprint density at radius 2 is 2.06 bits per heavy atom. The van der Waals surface area contributed by atoms with E-state index in [1.54, 1.807) is 12.1 Å². The summed E-state index contributed by atoms with van der Waals surface area (Å²) in [4.78, 5) is 0. The van der Waals surface area contributed by atoms with E-state index in [0.717, 1.165) is 24.2 Å². The van der Waals surface area contributed by atoms with Crippen molar-refractivity contribution in [1.29, 1.82) is 0 Å². The minimum absolute atomic E-state index is 0.288. The minimum atomic E-state index is 0.288. The number of rotatable bonds is 2. The molecule has 1 aliphatic carbocycles. The fourth-order valence-electron chi connectivity index (χ4n) is 2.58. The Balaban J connectivity index is 1.85. The Hall–Kier alpha value is -2.16. The fourth-order valence-corrected chi connectivity index (χ4v) is 2.58. The first kappa shape index (κ1) is 11.0. The molecule has 0 spiro atoms. The number of hydrogen-bond acceptors (Lipinski definition) is 3. The standard InChI is InChI=1S/C15H16N2O/c16-11-5-6-14-10(8-11)4-7-15(14)17-12-2-1-3-13(18)9-12/h1-3,5-6,8-9,15,17-18H,4,7,16H2. The lowest BCUT2D eigenvalue weighted by Gasteiger charge is -2.15. The SMILES string of the molecule is Nc1ccc2c(c1)CCC2Nc1cccc(O)c1. The number of nitrogens with one attached hydrogen (secondary N) is 1. The van der Waals surface area contributed by atoms with Gasteiger partial charge in [0.25, 0.3) is 0 Å². The zero-order chi connectivity index (χ0) is 12.5. The van der Waals surface area contributed by atoms with Crippen LogP contribution in [0.1, 0.15) is 23.6 Å². The lowest BCUT2D eigenvalue weighted by molar-refractivity contribution is 0.475. The number of aryl methyl sites for hydroxylation is 1. The highest BCUT2D eigenvalue weighted by atomic mass is 16.3. The van der Waals surface area contributed by atoms with Gasteiger partial charge in [0.1, 0.15) is 5.75 Å². The van der Waals surface area contributed by atoms with Crippen LogP contribution in [0.5, 0.6) is 5.75 Å². The Morgan fingerprint density at radius 1 is 1.17 bits per heavy atom. The summed E-state index contributed by atoms with van der Waals surface area (Å²) >= 11 is 0. The number of nitrogens with two attached hydrogens (primary N) is 1. The van der Waals surface area contributed by atoms with E-state index in [1.165, 1.54) is 11.1 Å². The zero-order valence-electron chi connectivity index (χ0n) is 10.1. The molecule has 3 rings (SSSR count). The molecular weight excluding hydrogens is 224 g/mol. The Kier molecular flexibility index (Phi) is 2.59. The number of anilines is 2. The van der Waals surface area contributed by atoms with Gasteiger partial charge in [-0.3, -0.25) is 0 Å². The van der Waals surface area contributed by atoms with Crippen LogP contribution in [0.15, 0.2) is 42.5 Å². The van der Waals surface area contributed by atoms with Crippen LogP contribution in [0.4, 0.5) is 11.4 Å². The maximum atomic E-state index is 9.46. The van der Waals surface area contributed by atoms with Gasteiger partial charge in [0.15, 0.2) is 0 Å². The number of fused-ring (bicyclic) bond motifs is 1. The number of nitrogen functional groups attached to an aromatic ring is 1. The van der Waals surface area contributed by atoms with Crippen LogP contribution in [-0.2, 0) is 6.42 Å². The molecule has 0 saturated carbocycles. The average Bonchev–Trinajstić information content (AvgIpc) is 2.72. The second-order valence-corrected chi connectivity index (χ2v) is 4.74.